The third kappa shape index (κ3) is 7.27. The van der Waals surface area contributed by atoms with E-state index in [1.54, 1.807) is 0 Å². The fourth-order valence-corrected chi connectivity index (χ4v) is 6.38. The van der Waals surface area contributed by atoms with Crippen LogP contribution in [-0.4, -0.2) is 77.9 Å². The minimum Gasteiger partial charge on any atom is -0.337 e. The molecule has 1 aromatic carbocycles. The van der Waals surface area contributed by atoms with Crippen molar-refractivity contribution < 1.29 is 9.59 Å². The van der Waals surface area contributed by atoms with Gasteiger partial charge < -0.3 is 9.80 Å². The van der Waals surface area contributed by atoms with Gasteiger partial charge in [-0.3, -0.25) is 19.4 Å². The van der Waals surface area contributed by atoms with Crippen LogP contribution in [0.4, 0.5) is 5.69 Å². The molecule has 0 atom stereocenters. The average molecular weight is 531 g/mol. The lowest BCUT2D eigenvalue weighted by atomic mass is 9.88. The number of amides is 2. The molecule has 0 N–H and O–H groups in total. The average Bonchev–Trinajstić information content (AvgIpc) is 2.85. The first kappa shape index (κ1) is 28.4. The van der Waals surface area contributed by atoms with E-state index in [0.29, 0.717) is 43.2 Å². The number of hydrogen-bond acceptors (Lipinski definition) is 4. The zero-order valence-corrected chi connectivity index (χ0v) is 24.2. The van der Waals surface area contributed by atoms with Gasteiger partial charge in [-0.05, 0) is 56.7 Å². The van der Waals surface area contributed by atoms with Crippen molar-refractivity contribution in [1.29, 1.82) is 0 Å². The zero-order valence-electron chi connectivity index (χ0n) is 23.4. The van der Waals surface area contributed by atoms with E-state index in [1.807, 2.05) is 23.1 Å². The largest absolute Gasteiger partial charge is 0.337 e. The van der Waals surface area contributed by atoms with Crippen LogP contribution in [0.3, 0.4) is 0 Å². The molecule has 4 rings (SSSR count). The third-order valence-corrected chi connectivity index (χ3v) is 8.69. The molecule has 0 bridgehead atoms. The van der Waals surface area contributed by atoms with Crippen LogP contribution in [-0.2, 0) is 16.1 Å². The van der Waals surface area contributed by atoms with Gasteiger partial charge >= 0.3 is 0 Å². The van der Waals surface area contributed by atoms with Crippen molar-refractivity contribution in [3.63, 3.8) is 0 Å². The fourth-order valence-electron chi connectivity index (χ4n) is 6.21. The molecule has 1 aliphatic carbocycles. The Bertz CT molecular complexity index is 924. The molecule has 0 radical (unpaired) electrons. The quantitative estimate of drug-likeness (QED) is 0.509. The van der Waals surface area contributed by atoms with Crippen molar-refractivity contribution in [2.45, 2.75) is 91.3 Å². The van der Waals surface area contributed by atoms with Crippen molar-refractivity contribution in [3.8, 4) is 0 Å². The van der Waals surface area contributed by atoms with Crippen LogP contribution in [0.1, 0.15) is 78.2 Å². The normalized spacial score (nSPS) is 21.6. The zero-order chi connectivity index (χ0) is 26.5. The van der Waals surface area contributed by atoms with E-state index in [1.165, 1.54) is 32.1 Å². The Labute approximate surface area is 229 Å². The van der Waals surface area contributed by atoms with Gasteiger partial charge in [0.05, 0.1) is 11.6 Å². The topological polar surface area (TPSA) is 47.1 Å². The molecule has 6 nitrogen and oxygen atoms in total. The number of fused-ring (bicyclic) bond motifs is 1. The number of carbonyl (C=O) groups is 2. The number of benzene rings is 1. The highest BCUT2D eigenvalue weighted by Gasteiger charge is 2.39. The van der Waals surface area contributed by atoms with Crippen LogP contribution < -0.4 is 4.90 Å². The Hall–Kier alpha value is -1.63. The molecule has 0 unspecified atom stereocenters. The number of hydrogen-bond donors (Lipinski definition) is 0. The summed E-state index contributed by atoms with van der Waals surface area (Å²) in [6.45, 7) is 14.0. The molecule has 0 aromatic heterocycles. The van der Waals surface area contributed by atoms with Crippen molar-refractivity contribution >= 4 is 29.1 Å². The summed E-state index contributed by atoms with van der Waals surface area (Å²) in [4.78, 5) is 36.2. The molecular formula is C30H47ClN4O2. The summed E-state index contributed by atoms with van der Waals surface area (Å²) in [5.74, 6) is 0.753. The lowest BCUT2D eigenvalue weighted by Crippen LogP contribution is -2.58. The molecule has 2 aliphatic heterocycles. The highest BCUT2D eigenvalue weighted by molar-refractivity contribution is 6.31. The Balaban J connectivity index is 1.57. The molecule has 37 heavy (non-hydrogen) atoms. The van der Waals surface area contributed by atoms with Gasteiger partial charge in [-0.15, -0.1) is 0 Å². The maximum Gasteiger partial charge on any atom is 0.228 e. The van der Waals surface area contributed by atoms with Crippen LogP contribution in [0.15, 0.2) is 18.2 Å². The first-order chi connectivity index (χ1) is 17.7. The SMILES string of the molecule is CC(C)CC(=O)N1CCCN(C(C)C)CCN(C(=O)C2CN(C3CCCCC3)C2)Cc2ccc(Cl)cc21. The summed E-state index contributed by atoms with van der Waals surface area (Å²) in [6, 6.07) is 6.88. The van der Waals surface area contributed by atoms with Crippen LogP contribution in [0.2, 0.25) is 5.02 Å². The third-order valence-electron chi connectivity index (χ3n) is 8.46. The van der Waals surface area contributed by atoms with Crippen molar-refractivity contribution in [1.82, 2.24) is 14.7 Å². The molecule has 2 fully saturated rings. The second kappa shape index (κ2) is 12.9. The maximum absolute atomic E-state index is 13.8. The monoisotopic (exact) mass is 530 g/mol. The van der Waals surface area contributed by atoms with Gasteiger partial charge in [-0.1, -0.05) is 50.8 Å². The summed E-state index contributed by atoms with van der Waals surface area (Å²) in [6.07, 6.45) is 7.95. The number of nitrogens with zero attached hydrogens (tertiary/aromatic N) is 4. The smallest absolute Gasteiger partial charge is 0.228 e. The van der Waals surface area contributed by atoms with E-state index < -0.39 is 0 Å². The second-order valence-electron chi connectivity index (χ2n) is 12.1. The Morgan fingerprint density at radius 3 is 2.35 bits per heavy atom. The second-order valence-corrected chi connectivity index (χ2v) is 12.5. The summed E-state index contributed by atoms with van der Waals surface area (Å²) >= 11 is 6.45. The van der Waals surface area contributed by atoms with Crippen LogP contribution in [0.25, 0.3) is 0 Å². The molecule has 0 spiro atoms. The first-order valence-electron chi connectivity index (χ1n) is 14.6. The van der Waals surface area contributed by atoms with Crippen LogP contribution in [0.5, 0.6) is 0 Å². The van der Waals surface area contributed by atoms with Gasteiger partial charge in [0.2, 0.25) is 11.8 Å². The van der Waals surface area contributed by atoms with Crippen molar-refractivity contribution in [3.05, 3.63) is 28.8 Å². The van der Waals surface area contributed by atoms with E-state index in [4.69, 9.17) is 11.6 Å². The molecule has 206 valence electrons. The number of anilines is 1. The summed E-state index contributed by atoms with van der Waals surface area (Å²) in [5.41, 5.74) is 1.88. The molecule has 3 aliphatic rings. The molecule has 2 heterocycles. The number of carbonyl (C=O) groups excluding carboxylic acids is 2. The van der Waals surface area contributed by atoms with E-state index in [-0.39, 0.29) is 23.7 Å². The number of rotatable bonds is 5. The minimum absolute atomic E-state index is 0.0778. The van der Waals surface area contributed by atoms with E-state index in [0.717, 1.165) is 43.9 Å². The predicted octanol–water partition coefficient (Wildman–Crippen LogP) is 5.43. The van der Waals surface area contributed by atoms with Crippen molar-refractivity contribution in [2.75, 3.05) is 44.2 Å². The van der Waals surface area contributed by atoms with E-state index >= 15 is 0 Å². The Morgan fingerprint density at radius 1 is 0.946 bits per heavy atom. The highest BCUT2D eigenvalue weighted by Crippen LogP contribution is 2.32. The minimum atomic E-state index is 0.0778. The van der Waals surface area contributed by atoms with Gasteiger partial charge in [0.1, 0.15) is 0 Å². The molecule has 1 saturated carbocycles. The van der Waals surface area contributed by atoms with Gasteiger partial charge in [-0.25, -0.2) is 0 Å². The summed E-state index contributed by atoms with van der Waals surface area (Å²) in [5, 5.41) is 0.625. The molecule has 1 saturated heterocycles. The number of halogens is 1. The van der Waals surface area contributed by atoms with Crippen molar-refractivity contribution in [2.24, 2.45) is 11.8 Å². The number of likely N-dealkylation sites (tertiary alicyclic amines) is 1. The fraction of sp³-hybridized carbons (Fsp3) is 0.733. The van der Waals surface area contributed by atoms with Gasteiger partial charge in [-0.2, -0.15) is 0 Å². The molecule has 1 aromatic rings. The van der Waals surface area contributed by atoms with Gasteiger partial charge in [0.15, 0.2) is 0 Å². The van der Waals surface area contributed by atoms with Gasteiger partial charge in [0.25, 0.3) is 0 Å². The van der Waals surface area contributed by atoms with E-state index in [2.05, 4.69) is 42.4 Å². The van der Waals surface area contributed by atoms with Crippen LogP contribution >= 0.6 is 11.6 Å². The van der Waals surface area contributed by atoms with Crippen LogP contribution in [0, 0.1) is 11.8 Å². The maximum atomic E-state index is 13.8. The predicted molar refractivity (Wildman–Crippen MR) is 152 cm³/mol. The highest BCUT2D eigenvalue weighted by atomic mass is 35.5. The molecular weight excluding hydrogens is 484 g/mol. The Morgan fingerprint density at radius 2 is 1.68 bits per heavy atom. The molecule has 7 heteroatoms. The molecule has 2 amide bonds. The summed E-state index contributed by atoms with van der Waals surface area (Å²) < 4.78 is 0. The van der Waals surface area contributed by atoms with E-state index in [9.17, 15) is 9.59 Å². The van der Waals surface area contributed by atoms with Gasteiger partial charge in [0, 0.05) is 69.3 Å². The Kier molecular flexibility index (Phi) is 9.93. The lowest BCUT2D eigenvalue weighted by molar-refractivity contribution is -0.143. The summed E-state index contributed by atoms with van der Waals surface area (Å²) in [7, 11) is 0. The lowest BCUT2D eigenvalue weighted by Gasteiger charge is -2.46. The first-order valence-corrected chi connectivity index (χ1v) is 15.0. The standard InChI is InChI=1S/C30H47ClN4O2/c1-22(2)17-29(36)35-14-8-13-32(23(3)4)15-16-33(19-24-11-12-26(31)18-28(24)35)30(37)25-20-34(21-25)27-9-6-5-7-10-27/h11-12,18,22-23,25,27H,5-10,13-17,19-21H2,1-4H3.